The summed E-state index contributed by atoms with van der Waals surface area (Å²) < 4.78 is 70.8. The number of aromatic nitrogens is 1. The predicted molar refractivity (Wildman–Crippen MR) is 82.1 cm³/mol. The monoisotopic (exact) mass is 385 g/mol. The molecule has 0 aliphatic heterocycles. The van der Waals surface area contributed by atoms with Gasteiger partial charge in [-0.05, 0) is 18.2 Å². The van der Waals surface area contributed by atoms with E-state index in [1.165, 1.54) is 12.3 Å². The lowest BCUT2D eigenvalue weighted by Crippen LogP contribution is -2.25. The molecule has 1 heterocycles. The van der Waals surface area contributed by atoms with Gasteiger partial charge in [-0.3, -0.25) is 4.98 Å². The van der Waals surface area contributed by atoms with Crippen LogP contribution in [0.2, 0.25) is 0 Å². The lowest BCUT2D eigenvalue weighted by Gasteiger charge is -2.16. The summed E-state index contributed by atoms with van der Waals surface area (Å²) in [5, 5.41) is 14.8. The summed E-state index contributed by atoms with van der Waals surface area (Å²) in [4.78, 5) is 6.02. The molecule has 0 bridgehead atoms. The number of benzene rings is 1. The van der Waals surface area contributed by atoms with Crippen LogP contribution in [0.3, 0.4) is 0 Å². The van der Waals surface area contributed by atoms with Crippen molar-refractivity contribution in [3.8, 4) is 11.5 Å². The van der Waals surface area contributed by atoms with Gasteiger partial charge in [0, 0.05) is 17.3 Å². The summed E-state index contributed by atoms with van der Waals surface area (Å²) in [5.74, 6) is -4.77. The van der Waals surface area contributed by atoms with Gasteiger partial charge in [0.1, 0.15) is 17.6 Å². The Kier molecular flexibility index (Phi) is 4.14. The van der Waals surface area contributed by atoms with E-state index in [1.54, 1.807) is 0 Å². The summed E-state index contributed by atoms with van der Waals surface area (Å²) >= 11 is 0. The molecular formula is C15H10F3N3O4S. The van der Waals surface area contributed by atoms with Crippen molar-refractivity contribution in [2.45, 2.75) is 23.1 Å². The summed E-state index contributed by atoms with van der Waals surface area (Å²) in [6.45, 7) is 6.91. The van der Waals surface area contributed by atoms with Gasteiger partial charge in [0.05, 0.1) is 17.7 Å². The molecule has 11 heteroatoms. The Morgan fingerprint density at radius 1 is 1.31 bits per heavy atom. The van der Waals surface area contributed by atoms with Gasteiger partial charge < -0.3 is 9.84 Å². The van der Waals surface area contributed by atoms with Crippen LogP contribution in [0.25, 0.3) is 4.85 Å². The minimum atomic E-state index is -4.50. The van der Waals surface area contributed by atoms with Crippen LogP contribution >= 0.6 is 0 Å². The zero-order valence-electron chi connectivity index (χ0n) is 12.7. The third kappa shape index (κ3) is 2.78. The standard InChI is InChI=1S/C15H10F3N3O4S/c1-20-7-4-8(6-21-5-7)25-9-2-3-10(26(19,23)24)12-11(9)13(16)15(17,18)14(12)22/h2-6,13-14,22H,(H2,19,23,24)/t13-,14+/m1/s1. The number of hydrogen-bond acceptors (Lipinski definition) is 5. The van der Waals surface area contributed by atoms with Gasteiger partial charge in [-0.2, -0.15) is 8.78 Å². The predicted octanol–water partition coefficient (Wildman–Crippen LogP) is 2.76. The van der Waals surface area contributed by atoms with Crippen molar-refractivity contribution < 1.29 is 31.4 Å². The molecule has 3 N–H and O–H groups in total. The molecule has 1 aliphatic carbocycles. The Morgan fingerprint density at radius 3 is 2.62 bits per heavy atom. The maximum atomic E-state index is 14.3. The number of primary sulfonamides is 1. The summed E-state index contributed by atoms with van der Waals surface area (Å²) in [6, 6.07) is 3.02. The van der Waals surface area contributed by atoms with Gasteiger partial charge in [0.15, 0.2) is 6.17 Å². The average Bonchev–Trinajstić information content (AvgIpc) is 2.75. The first-order valence-electron chi connectivity index (χ1n) is 6.97. The van der Waals surface area contributed by atoms with Gasteiger partial charge in [0.25, 0.3) is 0 Å². The van der Waals surface area contributed by atoms with E-state index in [1.807, 2.05) is 0 Å². The van der Waals surface area contributed by atoms with Gasteiger partial charge in [-0.1, -0.05) is 0 Å². The van der Waals surface area contributed by atoms with Crippen LogP contribution in [-0.2, 0) is 10.0 Å². The van der Waals surface area contributed by atoms with Crippen molar-refractivity contribution in [3.05, 3.63) is 53.1 Å². The fourth-order valence-corrected chi connectivity index (χ4v) is 3.44. The molecule has 0 unspecified atom stereocenters. The summed E-state index contributed by atoms with van der Waals surface area (Å²) in [6.07, 6.45) is -3.34. The summed E-state index contributed by atoms with van der Waals surface area (Å²) in [7, 11) is -4.50. The number of ether oxygens (including phenoxy) is 1. The molecule has 26 heavy (non-hydrogen) atoms. The van der Waals surface area contributed by atoms with E-state index in [9.17, 15) is 26.7 Å². The molecule has 0 radical (unpaired) electrons. The molecule has 0 amide bonds. The Balaban J connectivity index is 2.20. The number of fused-ring (bicyclic) bond motifs is 1. The molecule has 3 rings (SSSR count). The average molecular weight is 385 g/mol. The van der Waals surface area contributed by atoms with Crippen molar-refractivity contribution in [2.24, 2.45) is 5.14 Å². The van der Waals surface area contributed by atoms with Crippen LogP contribution in [0.4, 0.5) is 18.9 Å². The minimum Gasteiger partial charge on any atom is -0.457 e. The number of halogens is 3. The normalized spacial score (nSPS) is 21.1. The van der Waals surface area contributed by atoms with Crippen LogP contribution in [0.1, 0.15) is 23.4 Å². The number of aliphatic hydroxyl groups excluding tert-OH is 1. The number of sulfonamides is 1. The van der Waals surface area contributed by atoms with Crippen LogP contribution in [0, 0.1) is 6.57 Å². The van der Waals surface area contributed by atoms with Gasteiger partial charge in [-0.25, -0.2) is 22.8 Å². The lowest BCUT2D eigenvalue weighted by atomic mass is 10.1. The van der Waals surface area contributed by atoms with E-state index in [-0.39, 0.29) is 11.4 Å². The van der Waals surface area contributed by atoms with E-state index in [2.05, 4.69) is 9.83 Å². The second kappa shape index (κ2) is 5.94. The van der Waals surface area contributed by atoms with Crippen molar-refractivity contribution in [3.63, 3.8) is 0 Å². The maximum Gasteiger partial charge on any atom is 0.312 e. The van der Waals surface area contributed by atoms with Crippen LogP contribution < -0.4 is 9.88 Å². The maximum absolute atomic E-state index is 14.3. The summed E-state index contributed by atoms with van der Waals surface area (Å²) in [5.41, 5.74) is -1.58. The van der Waals surface area contributed by atoms with Crippen LogP contribution in [-0.4, -0.2) is 24.4 Å². The third-order valence-electron chi connectivity index (χ3n) is 3.80. The van der Waals surface area contributed by atoms with E-state index >= 15 is 0 Å². The minimum absolute atomic E-state index is 0.0547. The highest BCUT2D eigenvalue weighted by Gasteiger charge is 2.59. The fourth-order valence-electron chi connectivity index (χ4n) is 2.65. The number of hydrogen-bond donors (Lipinski definition) is 2. The Labute approximate surface area is 145 Å². The molecule has 1 aromatic carbocycles. The molecular weight excluding hydrogens is 375 g/mol. The van der Waals surface area contributed by atoms with Gasteiger partial charge in [0.2, 0.25) is 15.7 Å². The zero-order chi connectivity index (χ0) is 19.3. The number of nitrogens with zero attached hydrogens (tertiary/aromatic N) is 2. The number of aliphatic hydroxyl groups is 1. The molecule has 7 nitrogen and oxygen atoms in total. The smallest absolute Gasteiger partial charge is 0.312 e. The molecule has 2 aromatic rings. The van der Waals surface area contributed by atoms with E-state index in [4.69, 9.17) is 16.4 Å². The zero-order valence-corrected chi connectivity index (χ0v) is 13.5. The highest BCUT2D eigenvalue weighted by molar-refractivity contribution is 7.89. The number of pyridine rings is 1. The van der Waals surface area contributed by atoms with Gasteiger partial charge in [-0.15, -0.1) is 0 Å². The highest BCUT2D eigenvalue weighted by Crippen LogP contribution is 2.57. The first kappa shape index (κ1) is 18.1. The van der Waals surface area contributed by atoms with E-state index < -0.39 is 50.0 Å². The SMILES string of the molecule is [C-]#[N+]c1cncc(Oc2ccc(S(N)(=O)=O)c3c2[C@@H](F)C(F)(F)[C@H]3O)c1. The first-order valence-corrected chi connectivity index (χ1v) is 8.52. The van der Waals surface area contributed by atoms with Crippen LogP contribution in [0.15, 0.2) is 35.5 Å². The largest absolute Gasteiger partial charge is 0.457 e. The Bertz CT molecular complexity index is 1040. The molecule has 0 saturated carbocycles. The van der Waals surface area contributed by atoms with E-state index in [0.29, 0.717) is 0 Å². The molecule has 2 atom stereocenters. The topological polar surface area (TPSA) is 107 Å². The Hall–Kier alpha value is -2.68. The third-order valence-corrected chi connectivity index (χ3v) is 4.77. The first-order chi connectivity index (χ1) is 12.1. The molecule has 1 aromatic heterocycles. The Morgan fingerprint density at radius 2 is 2.00 bits per heavy atom. The second-order valence-electron chi connectivity index (χ2n) is 5.47. The number of rotatable bonds is 3. The van der Waals surface area contributed by atoms with E-state index in [0.717, 1.165) is 18.3 Å². The molecule has 0 saturated heterocycles. The van der Waals surface area contributed by atoms with Crippen LogP contribution in [0.5, 0.6) is 11.5 Å². The quantitative estimate of drug-likeness (QED) is 0.790. The molecule has 136 valence electrons. The van der Waals surface area contributed by atoms with Crippen molar-refractivity contribution >= 4 is 15.7 Å². The highest BCUT2D eigenvalue weighted by atomic mass is 32.2. The molecule has 1 aliphatic rings. The van der Waals surface area contributed by atoms with Crippen molar-refractivity contribution in [1.29, 1.82) is 0 Å². The van der Waals surface area contributed by atoms with Crippen molar-refractivity contribution in [1.82, 2.24) is 4.98 Å². The second-order valence-corrected chi connectivity index (χ2v) is 7.00. The number of nitrogens with two attached hydrogens (primary N) is 1. The van der Waals surface area contributed by atoms with Gasteiger partial charge >= 0.3 is 5.92 Å². The lowest BCUT2D eigenvalue weighted by molar-refractivity contribution is -0.143. The number of alkyl halides is 3. The molecule has 0 spiro atoms. The molecule has 0 fully saturated rings. The fraction of sp³-hybridized carbons (Fsp3) is 0.200. The van der Waals surface area contributed by atoms with Crippen molar-refractivity contribution in [2.75, 3.05) is 0 Å².